The average Bonchev–Trinajstić information content (AvgIpc) is 3.03. The van der Waals surface area contributed by atoms with Gasteiger partial charge in [-0.2, -0.15) is 13.2 Å². The van der Waals surface area contributed by atoms with Gasteiger partial charge in [0.05, 0.1) is 5.56 Å². The summed E-state index contributed by atoms with van der Waals surface area (Å²) in [6, 6.07) is 5.48. The summed E-state index contributed by atoms with van der Waals surface area (Å²) < 4.78 is 37.2. The molecule has 24 heavy (non-hydrogen) atoms. The molecule has 0 unspecified atom stereocenters. The number of amides is 1. The molecular weight excluding hydrogens is 323 g/mol. The predicted octanol–water partition coefficient (Wildman–Crippen LogP) is 1.90. The first-order chi connectivity index (χ1) is 11.4. The molecule has 0 radical (unpaired) electrons. The lowest BCUT2D eigenvalue weighted by Crippen LogP contribution is -2.37. The molecule has 1 aliphatic rings. The third-order valence-corrected chi connectivity index (χ3v) is 3.66. The topological polar surface area (TPSA) is 71.0 Å². The number of alkyl halides is 3. The predicted molar refractivity (Wildman–Crippen MR) is 79.4 cm³/mol. The third-order valence-electron chi connectivity index (χ3n) is 3.66. The zero-order valence-electron chi connectivity index (χ0n) is 12.5. The summed E-state index contributed by atoms with van der Waals surface area (Å²) in [4.78, 5) is 24.8. The molecule has 126 valence electrons. The van der Waals surface area contributed by atoms with Gasteiger partial charge in [-0.3, -0.25) is 4.79 Å². The van der Waals surface area contributed by atoms with E-state index in [0.29, 0.717) is 6.54 Å². The van der Waals surface area contributed by atoms with Crippen molar-refractivity contribution in [3.63, 3.8) is 0 Å². The van der Waals surface area contributed by atoms with Gasteiger partial charge in [-0.25, -0.2) is 15.0 Å². The molecule has 0 bridgehead atoms. The van der Waals surface area contributed by atoms with Crippen molar-refractivity contribution in [3.05, 3.63) is 48.2 Å². The highest BCUT2D eigenvalue weighted by Gasteiger charge is 2.34. The number of pyridine rings is 1. The van der Waals surface area contributed by atoms with Crippen LogP contribution in [0, 0.1) is 0 Å². The highest BCUT2D eigenvalue weighted by Crippen LogP contribution is 2.25. The van der Waals surface area contributed by atoms with Crippen molar-refractivity contribution in [2.45, 2.75) is 18.6 Å². The molecule has 2 aromatic rings. The fourth-order valence-corrected chi connectivity index (χ4v) is 2.49. The summed E-state index contributed by atoms with van der Waals surface area (Å²) in [6.07, 6.45) is -0.429. The van der Waals surface area contributed by atoms with E-state index in [2.05, 4.69) is 20.3 Å². The second-order valence-corrected chi connectivity index (χ2v) is 5.39. The van der Waals surface area contributed by atoms with E-state index in [1.165, 1.54) is 0 Å². The van der Waals surface area contributed by atoms with Crippen LogP contribution in [0.1, 0.15) is 22.6 Å². The number of hydrogen-bond donors (Lipinski definition) is 1. The van der Waals surface area contributed by atoms with Gasteiger partial charge < -0.3 is 10.2 Å². The summed E-state index contributed by atoms with van der Waals surface area (Å²) in [5.74, 6) is -0.926. The van der Waals surface area contributed by atoms with E-state index < -0.39 is 17.9 Å². The normalized spacial score (nSPS) is 17.8. The minimum Gasteiger partial charge on any atom is -0.354 e. The van der Waals surface area contributed by atoms with Crippen LogP contribution in [0.2, 0.25) is 0 Å². The van der Waals surface area contributed by atoms with Gasteiger partial charge in [0.25, 0.3) is 5.91 Å². The number of nitrogens with one attached hydrogen (secondary N) is 1. The Labute approximate surface area is 135 Å². The van der Waals surface area contributed by atoms with Crippen molar-refractivity contribution >= 4 is 11.7 Å². The SMILES string of the molecule is O=C(N[C@@H]1CCN(c2ccccn2)C1)c1cnc(C(F)(F)F)nc1. The monoisotopic (exact) mass is 337 g/mol. The van der Waals surface area contributed by atoms with Gasteiger partial charge >= 0.3 is 6.18 Å². The smallest absolute Gasteiger partial charge is 0.354 e. The summed E-state index contributed by atoms with van der Waals surface area (Å²) >= 11 is 0. The Morgan fingerprint density at radius 1 is 1.21 bits per heavy atom. The molecule has 3 rings (SSSR count). The summed E-state index contributed by atoms with van der Waals surface area (Å²) in [6.45, 7) is 1.33. The van der Waals surface area contributed by atoms with Crippen molar-refractivity contribution in [3.8, 4) is 0 Å². The van der Waals surface area contributed by atoms with Crippen LogP contribution >= 0.6 is 0 Å². The first kappa shape index (κ1) is 16.2. The number of hydrogen-bond acceptors (Lipinski definition) is 5. The van der Waals surface area contributed by atoms with Crippen molar-refractivity contribution in [2.24, 2.45) is 0 Å². The maximum Gasteiger partial charge on any atom is 0.451 e. The van der Waals surface area contributed by atoms with Crippen LogP contribution < -0.4 is 10.2 Å². The molecule has 0 saturated carbocycles. The van der Waals surface area contributed by atoms with Crippen LogP contribution in [0.25, 0.3) is 0 Å². The van der Waals surface area contributed by atoms with E-state index >= 15 is 0 Å². The van der Waals surface area contributed by atoms with E-state index in [9.17, 15) is 18.0 Å². The molecule has 1 aliphatic heterocycles. The third kappa shape index (κ3) is 3.61. The van der Waals surface area contributed by atoms with Gasteiger partial charge in [-0.1, -0.05) is 6.07 Å². The van der Waals surface area contributed by atoms with Crippen molar-refractivity contribution in [1.29, 1.82) is 0 Å². The Balaban J connectivity index is 1.60. The van der Waals surface area contributed by atoms with E-state index in [1.54, 1.807) is 6.20 Å². The lowest BCUT2D eigenvalue weighted by Gasteiger charge is -2.17. The minimum atomic E-state index is -4.62. The van der Waals surface area contributed by atoms with Crippen molar-refractivity contribution < 1.29 is 18.0 Å². The summed E-state index contributed by atoms with van der Waals surface area (Å²) in [7, 11) is 0. The lowest BCUT2D eigenvalue weighted by molar-refractivity contribution is -0.145. The number of carbonyl (C=O) groups excluding carboxylic acids is 1. The maximum atomic E-state index is 12.4. The molecular formula is C15H14F3N5O. The van der Waals surface area contributed by atoms with Crippen LogP contribution in [-0.2, 0) is 6.18 Å². The second kappa shape index (κ2) is 6.42. The first-order valence-corrected chi connectivity index (χ1v) is 7.29. The molecule has 1 amide bonds. The number of anilines is 1. The zero-order valence-corrected chi connectivity index (χ0v) is 12.5. The highest BCUT2D eigenvalue weighted by atomic mass is 19.4. The largest absolute Gasteiger partial charge is 0.451 e. The Morgan fingerprint density at radius 3 is 2.58 bits per heavy atom. The van der Waals surface area contributed by atoms with Gasteiger partial charge in [0.2, 0.25) is 5.82 Å². The quantitative estimate of drug-likeness (QED) is 0.926. The fourth-order valence-electron chi connectivity index (χ4n) is 2.49. The van der Waals surface area contributed by atoms with E-state index in [4.69, 9.17) is 0 Å². The Bertz CT molecular complexity index is 705. The van der Waals surface area contributed by atoms with Gasteiger partial charge in [0, 0.05) is 37.7 Å². The summed E-state index contributed by atoms with van der Waals surface area (Å²) in [5, 5.41) is 2.78. The molecule has 0 aromatic carbocycles. The van der Waals surface area contributed by atoms with Gasteiger partial charge in [0.15, 0.2) is 0 Å². The van der Waals surface area contributed by atoms with Crippen LogP contribution in [0.4, 0.5) is 19.0 Å². The standard InChI is InChI=1S/C15H14F3N5O/c16-15(17,18)14-20-7-10(8-21-14)13(24)22-11-4-6-23(9-11)12-3-1-2-5-19-12/h1-3,5,7-8,11H,4,6,9H2,(H,22,24)/t11-/m1/s1. The van der Waals surface area contributed by atoms with Crippen molar-refractivity contribution in [2.75, 3.05) is 18.0 Å². The molecule has 1 fully saturated rings. The number of rotatable bonds is 3. The van der Waals surface area contributed by atoms with Crippen LogP contribution in [0.3, 0.4) is 0 Å². The lowest BCUT2D eigenvalue weighted by atomic mass is 10.2. The molecule has 1 N–H and O–H groups in total. The maximum absolute atomic E-state index is 12.4. The fraction of sp³-hybridized carbons (Fsp3) is 0.333. The molecule has 0 spiro atoms. The number of aromatic nitrogens is 3. The number of nitrogens with zero attached hydrogens (tertiary/aromatic N) is 4. The molecule has 9 heteroatoms. The van der Waals surface area contributed by atoms with Crippen LogP contribution in [-0.4, -0.2) is 40.0 Å². The average molecular weight is 337 g/mol. The number of carbonyl (C=O) groups is 1. The molecule has 6 nitrogen and oxygen atoms in total. The van der Waals surface area contributed by atoms with Crippen LogP contribution in [0.5, 0.6) is 0 Å². The zero-order chi connectivity index (χ0) is 17.2. The molecule has 0 aliphatic carbocycles. The van der Waals surface area contributed by atoms with Gasteiger partial charge in [-0.15, -0.1) is 0 Å². The van der Waals surface area contributed by atoms with E-state index in [-0.39, 0.29) is 11.6 Å². The van der Waals surface area contributed by atoms with E-state index in [0.717, 1.165) is 31.2 Å². The molecule has 1 saturated heterocycles. The first-order valence-electron chi connectivity index (χ1n) is 7.29. The van der Waals surface area contributed by atoms with E-state index in [1.807, 2.05) is 23.1 Å². The Kier molecular flexibility index (Phi) is 4.32. The number of halogens is 3. The van der Waals surface area contributed by atoms with Gasteiger partial charge in [0.1, 0.15) is 5.82 Å². The Hall–Kier alpha value is -2.71. The molecule has 3 heterocycles. The Morgan fingerprint density at radius 2 is 1.96 bits per heavy atom. The van der Waals surface area contributed by atoms with Crippen LogP contribution in [0.15, 0.2) is 36.8 Å². The highest BCUT2D eigenvalue weighted by molar-refractivity contribution is 5.93. The second-order valence-electron chi connectivity index (χ2n) is 5.39. The van der Waals surface area contributed by atoms with Gasteiger partial charge in [-0.05, 0) is 18.6 Å². The minimum absolute atomic E-state index is 0.000661. The van der Waals surface area contributed by atoms with Crippen molar-refractivity contribution in [1.82, 2.24) is 20.3 Å². The molecule has 1 atom stereocenters. The molecule has 2 aromatic heterocycles. The summed E-state index contributed by atoms with van der Waals surface area (Å²) in [5.41, 5.74) is -0.000661.